The molecule has 0 saturated carbocycles. The third kappa shape index (κ3) is 4.93. The lowest BCUT2D eigenvalue weighted by Gasteiger charge is -2.38. The van der Waals surface area contributed by atoms with Crippen LogP contribution >= 0.6 is 11.6 Å². The van der Waals surface area contributed by atoms with Gasteiger partial charge in [0.1, 0.15) is 29.3 Å². The maximum absolute atomic E-state index is 13.5. The summed E-state index contributed by atoms with van der Waals surface area (Å²) in [6.07, 6.45) is 6.20. The highest BCUT2D eigenvalue weighted by molar-refractivity contribution is 6.35. The number of carbonyl (C=O) groups is 1. The van der Waals surface area contributed by atoms with Gasteiger partial charge in [-0.3, -0.25) is 9.69 Å². The molecule has 0 amide bonds. The lowest BCUT2D eigenvalue weighted by atomic mass is 9.96. The van der Waals surface area contributed by atoms with Crippen molar-refractivity contribution in [2.45, 2.75) is 31.3 Å². The number of rotatable bonds is 8. The van der Waals surface area contributed by atoms with Gasteiger partial charge in [-0.15, -0.1) is 0 Å². The molecule has 3 N–H and O–H groups in total. The summed E-state index contributed by atoms with van der Waals surface area (Å²) < 4.78 is 5.84. The van der Waals surface area contributed by atoms with E-state index in [-0.39, 0.29) is 24.5 Å². The van der Waals surface area contributed by atoms with Crippen molar-refractivity contribution in [3.05, 3.63) is 77.2 Å². The summed E-state index contributed by atoms with van der Waals surface area (Å²) >= 11 is 6.52. The second kappa shape index (κ2) is 10.7. The number of piperidine rings is 1. The first-order valence-electron chi connectivity index (χ1n) is 12.0. The van der Waals surface area contributed by atoms with Crippen LogP contribution in [0, 0.1) is 0 Å². The fraction of sp³-hybridized carbons (Fsp3) is 0.296. The molecule has 186 valence electrons. The predicted octanol–water partition coefficient (Wildman–Crippen LogP) is 4.89. The monoisotopic (exact) mass is 505 g/mol. The van der Waals surface area contributed by atoms with Crippen LogP contribution in [-0.4, -0.2) is 63.0 Å². The van der Waals surface area contributed by atoms with E-state index in [1.165, 1.54) is 6.33 Å². The summed E-state index contributed by atoms with van der Waals surface area (Å²) in [5, 5.41) is 14.0. The minimum atomic E-state index is -0.231. The highest BCUT2D eigenvalue weighted by Gasteiger charge is 2.27. The Labute approximate surface area is 214 Å². The Morgan fingerprint density at radius 2 is 1.94 bits per heavy atom. The number of hydrogen-bond acceptors (Lipinski definition) is 7. The molecule has 1 aliphatic heterocycles. The highest BCUT2D eigenvalue weighted by atomic mass is 35.5. The molecule has 1 saturated heterocycles. The molecule has 1 aliphatic rings. The summed E-state index contributed by atoms with van der Waals surface area (Å²) in [6, 6.07) is 14.8. The predicted molar refractivity (Wildman–Crippen MR) is 140 cm³/mol. The zero-order valence-electron chi connectivity index (χ0n) is 19.9. The number of carbonyl (C=O) groups excluding carboxylic acids is 1. The second-order valence-corrected chi connectivity index (χ2v) is 9.41. The molecule has 2 atom stereocenters. The van der Waals surface area contributed by atoms with Crippen LogP contribution in [0.1, 0.15) is 35.2 Å². The summed E-state index contributed by atoms with van der Waals surface area (Å²) in [4.78, 5) is 27.6. The van der Waals surface area contributed by atoms with E-state index in [0.29, 0.717) is 51.0 Å². The minimum Gasteiger partial charge on any atom is -0.457 e. The van der Waals surface area contributed by atoms with Crippen molar-refractivity contribution in [3.8, 4) is 11.5 Å². The zero-order chi connectivity index (χ0) is 25.1. The summed E-state index contributed by atoms with van der Waals surface area (Å²) in [6.45, 7) is 0.793. The van der Waals surface area contributed by atoms with Crippen LogP contribution in [0.5, 0.6) is 11.5 Å². The standard InChI is InChI=1S/C27H28ClN5O3/c1-33-17(6-5-7-18(33)15-34)13-29-26-24-22(14-30-27(24)32-16-31-26)25(35)21-11-10-20(12-23(21)28)36-19-8-3-2-4-9-19/h2-4,8-12,14,16-18,34H,5-7,13,15H2,1H3,(H2,29,30,31,32). The van der Waals surface area contributed by atoms with Gasteiger partial charge in [-0.25, -0.2) is 9.97 Å². The molecule has 5 rings (SSSR count). The number of H-pyrrole nitrogens is 1. The average Bonchev–Trinajstić information content (AvgIpc) is 3.33. The van der Waals surface area contributed by atoms with Gasteiger partial charge in [0.15, 0.2) is 5.78 Å². The number of hydrogen-bond donors (Lipinski definition) is 3. The Morgan fingerprint density at radius 1 is 1.14 bits per heavy atom. The van der Waals surface area contributed by atoms with Crippen molar-refractivity contribution < 1.29 is 14.6 Å². The first-order chi connectivity index (χ1) is 17.5. The Kier molecular flexibility index (Phi) is 7.18. The van der Waals surface area contributed by atoms with Crippen LogP contribution in [0.25, 0.3) is 11.0 Å². The SMILES string of the molecule is CN1C(CO)CCCC1CNc1ncnc2[nH]cc(C(=O)c3ccc(Oc4ccccc4)cc3Cl)c12. The van der Waals surface area contributed by atoms with Crippen molar-refractivity contribution >= 4 is 34.2 Å². The van der Waals surface area contributed by atoms with Crippen molar-refractivity contribution in [2.24, 2.45) is 0 Å². The molecule has 9 heteroatoms. The first kappa shape index (κ1) is 24.2. The van der Waals surface area contributed by atoms with Gasteiger partial charge in [0.05, 0.1) is 22.6 Å². The molecule has 36 heavy (non-hydrogen) atoms. The first-order valence-corrected chi connectivity index (χ1v) is 12.4. The van der Waals surface area contributed by atoms with Crippen LogP contribution in [-0.2, 0) is 0 Å². The van der Waals surface area contributed by atoms with Gasteiger partial charge in [-0.05, 0) is 44.2 Å². The van der Waals surface area contributed by atoms with Crippen LogP contribution in [0.2, 0.25) is 5.02 Å². The number of anilines is 1. The number of para-hydroxylation sites is 1. The number of ketones is 1. The van der Waals surface area contributed by atoms with Crippen molar-refractivity contribution in [2.75, 3.05) is 25.5 Å². The van der Waals surface area contributed by atoms with E-state index in [0.717, 1.165) is 19.3 Å². The molecule has 2 unspecified atom stereocenters. The molecule has 8 nitrogen and oxygen atoms in total. The number of halogens is 1. The Morgan fingerprint density at radius 3 is 2.72 bits per heavy atom. The fourth-order valence-electron chi connectivity index (χ4n) is 4.76. The topological polar surface area (TPSA) is 103 Å². The number of aromatic nitrogens is 3. The molecule has 4 aromatic rings. The molecule has 2 aromatic carbocycles. The maximum Gasteiger partial charge on any atom is 0.196 e. The van der Waals surface area contributed by atoms with E-state index >= 15 is 0 Å². The van der Waals surface area contributed by atoms with E-state index in [1.54, 1.807) is 24.4 Å². The molecule has 2 aromatic heterocycles. The number of aromatic amines is 1. The lowest BCUT2D eigenvalue weighted by Crippen LogP contribution is -2.48. The maximum atomic E-state index is 13.5. The van der Waals surface area contributed by atoms with Crippen molar-refractivity contribution in [3.63, 3.8) is 0 Å². The molecule has 0 bridgehead atoms. The Bertz CT molecular complexity index is 1360. The van der Waals surface area contributed by atoms with E-state index < -0.39 is 0 Å². The van der Waals surface area contributed by atoms with Gasteiger partial charge in [0.2, 0.25) is 0 Å². The number of likely N-dealkylation sites (N-methyl/N-ethyl adjacent to an activating group) is 1. The zero-order valence-corrected chi connectivity index (χ0v) is 20.7. The van der Waals surface area contributed by atoms with Crippen LogP contribution in [0.15, 0.2) is 61.1 Å². The summed E-state index contributed by atoms with van der Waals surface area (Å²) in [7, 11) is 2.04. The molecule has 0 spiro atoms. The number of aliphatic hydroxyl groups excluding tert-OH is 1. The average molecular weight is 506 g/mol. The fourth-order valence-corrected chi connectivity index (χ4v) is 5.02. The number of nitrogens with one attached hydrogen (secondary N) is 2. The number of ether oxygens (including phenoxy) is 1. The molecular formula is C27H28ClN5O3. The minimum absolute atomic E-state index is 0.150. The van der Waals surface area contributed by atoms with Crippen molar-refractivity contribution in [1.82, 2.24) is 19.9 Å². The molecule has 3 heterocycles. The van der Waals surface area contributed by atoms with Gasteiger partial charge in [-0.2, -0.15) is 0 Å². The van der Waals surface area contributed by atoms with E-state index in [4.69, 9.17) is 16.3 Å². The Balaban J connectivity index is 1.38. The summed E-state index contributed by atoms with van der Waals surface area (Å²) in [5.41, 5.74) is 1.38. The number of fused-ring (bicyclic) bond motifs is 1. The number of benzene rings is 2. The molecule has 1 fully saturated rings. The van der Waals surface area contributed by atoms with Gasteiger partial charge in [0.25, 0.3) is 0 Å². The smallest absolute Gasteiger partial charge is 0.196 e. The molecule has 0 radical (unpaired) electrons. The van der Waals surface area contributed by atoms with E-state index in [2.05, 4.69) is 25.2 Å². The third-order valence-electron chi connectivity index (χ3n) is 6.82. The largest absolute Gasteiger partial charge is 0.457 e. The van der Waals surface area contributed by atoms with Gasteiger partial charge >= 0.3 is 0 Å². The highest BCUT2D eigenvalue weighted by Crippen LogP contribution is 2.31. The normalized spacial score (nSPS) is 18.3. The number of nitrogens with zero attached hydrogens (tertiary/aromatic N) is 3. The van der Waals surface area contributed by atoms with Gasteiger partial charge < -0.3 is 20.1 Å². The van der Waals surface area contributed by atoms with Crippen LogP contribution in [0.4, 0.5) is 5.82 Å². The van der Waals surface area contributed by atoms with Gasteiger partial charge in [-0.1, -0.05) is 36.2 Å². The number of likely N-dealkylation sites (tertiary alicyclic amines) is 1. The van der Waals surface area contributed by atoms with Crippen LogP contribution in [0.3, 0.4) is 0 Å². The molecular weight excluding hydrogens is 478 g/mol. The molecule has 0 aliphatic carbocycles. The van der Waals surface area contributed by atoms with E-state index in [9.17, 15) is 9.90 Å². The third-order valence-corrected chi connectivity index (χ3v) is 7.13. The van der Waals surface area contributed by atoms with Gasteiger partial charge in [0, 0.05) is 36.5 Å². The van der Waals surface area contributed by atoms with Crippen molar-refractivity contribution in [1.29, 1.82) is 0 Å². The van der Waals surface area contributed by atoms with E-state index in [1.807, 2.05) is 37.4 Å². The lowest BCUT2D eigenvalue weighted by molar-refractivity contribution is 0.0734. The van der Waals surface area contributed by atoms with Crippen LogP contribution < -0.4 is 10.1 Å². The number of aliphatic hydroxyl groups is 1. The Hall–Kier alpha value is -3.46. The second-order valence-electron chi connectivity index (χ2n) is 9.00. The quantitative estimate of drug-likeness (QED) is 0.293. The summed E-state index contributed by atoms with van der Waals surface area (Å²) in [5.74, 6) is 1.59.